The smallest absolute Gasteiger partial charge is 0.308 e. The topological polar surface area (TPSA) is 57.6 Å². The van der Waals surface area contributed by atoms with Crippen LogP contribution in [-0.2, 0) is 9.59 Å². The molecule has 0 aliphatic carbocycles. The van der Waals surface area contributed by atoms with Crippen LogP contribution in [0.15, 0.2) is 18.2 Å². The van der Waals surface area contributed by atoms with E-state index in [1.807, 2.05) is 39.8 Å². The monoisotopic (exact) mass is 289 g/mol. The van der Waals surface area contributed by atoms with Crippen LogP contribution < -0.4 is 0 Å². The minimum atomic E-state index is -0.822. The summed E-state index contributed by atoms with van der Waals surface area (Å²) in [5, 5.41) is 9.56. The number of likely N-dealkylation sites (tertiary alicyclic amines) is 1. The van der Waals surface area contributed by atoms with Gasteiger partial charge in [0.25, 0.3) is 0 Å². The quantitative estimate of drug-likeness (QED) is 0.930. The Labute approximate surface area is 125 Å². The van der Waals surface area contributed by atoms with Gasteiger partial charge in [-0.15, -0.1) is 0 Å². The zero-order valence-corrected chi connectivity index (χ0v) is 13.1. The Morgan fingerprint density at radius 1 is 1.24 bits per heavy atom. The number of carbonyl (C=O) groups is 2. The molecule has 4 nitrogen and oxygen atoms in total. The molecule has 1 aromatic carbocycles. The number of carboxylic acids is 1. The largest absolute Gasteiger partial charge is 0.481 e. The number of aryl methyl sites for hydroxylation is 2. The lowest BCUT2D eigenvalue weighted by atomic mass is 9.82. The highest BCUT2D eigenvalue weighted by molar-refractivity contribution is 5.82. The molecule has 0 saturated carbocycles. The lowest BCUT2D eigenvalue weighted by Crippen LogP contribution is -2.48. The fraction of sp³-hybridized carbons (Fsp3) is 0.529. The van der Waals surface area contributed by atoms with Crippen molar-refractivity contribution in [3.63, 3.8) is 0 Å². The molecule has 1 aliphatic rings. The maximum Gasteiger partial charge on any atom is 0.308 e. The molecule has 21 heavy (non-hydrogen) atoms. The molecule has 114 valence electrons. The standard InChI is InChI=1S/C17H23NO3/c1-10(2)18-15(19)6-5-14(17(20)21)16(18)13-8-11(3)7-12(4)9-13/h7-10,14,16H,5-6H2,1-4H3,(H,20,21). The summed E-state index contributed by atoms with van der Waals surface area (Å²) in [4.78, 5) is 25.7. The molecule has 1 aliphatic heterocycles. The number of rotatable bonds is 3. The van der Waals surface area contributed by atoms with Crippen molar-refractivity contribution in [2.24, 2.45) is 5.92 Å². The average Bonchev–Trinajstić information content (AvgIpc) is 2.36. The third kappa shape index (κ3) is 3.09. The Hall–Kier alpha value is -1.84. The maximum absolute atomic E-state index is 12.3. The summed E-state index contributed by atoms with van der Waals surface area (Å²) in [6, 6.07) is 5.68. The maximum atomic E-state index is 12.3. The SMILES string of the molecule is Cc1cc(C)cc(C2C(C(=O)O)CCC(=O)N2C(C)C)c1. The minimum Gasteiger partial charge on any atom is -0.481 e. The summed E-state index contributed by atoms with van der Waals surface area (Å²) in [6.07, 6.45) is 0.728. The predicted molar refractivity (Wildman–Crippen MR) is 81.0 cm³/mol. The van der Waals surface area contributed by atoms with Gasteiger partial charge in [-0.05, 0) is 39.7 Å². The number of amides is 1. The highest BCUT2D eigenvalue weighted by Gasteiger charge is 2.41. The van der Waals surface area contributed by atoms with Crippen LogP contribution in [0.2, 0.25) is 0 Å². The number of nitrogens with zero attached hydrogens (tertiary/aromatic N) is 1. The van der Waals surface area contributed by atoms with Gasteiger partial charge < -0.3 is 10.0 Å². The summed E-state index contributed by atoms with van der Waals surface area (Å²) >= 11 is 0. The molecule has 4 heteroatoms. The Morgan fingerprint density at radius 3 is 2.29 bits per heavy atom. The van der Waals surface area contributed by atoms with Crippen molar-refractivity contribution in [1.29, 1.82) is 0 Å². The fourth-order valence-electron chi connectivity index (χ4n) is 3.36. The number of hydrogen-bond donors (Lipinski definition) is 1. The number of piperidine rings is 1. The molecule has 0 radical (unpaired) electrons. The van der Waals surface area contributed by atoms with Gasteiger partial charge >= 0.3 is 5.97 Å². The predicted octanol–water partition coefficient (Wildman–Crippen LogP) is 3.08. The number of benzene rings is 1. The van der Waals surface area contributed by atoms with Crippen LogP contribution in [0, 0.1) is 19.8 Å². The fourth-order valence-corrected chi connectivity index (χ4v) is 3.36. The van der Waals surface area contributed by atoms with Gasteiger partial charge in [0.1, 0.15) is 0 Å². The van der Waals surface area contributed by atoms with Crippen LogP contribution in [0.4, 0.5) is 0 Å². The Kier molecular flexibility index (Phi) is 4.35. The number of aliphatic carboxylic acids is 1. The zero-order valence-electron chi connectivity index (χ0n) is 13.1. The first-order valence-electron chi connectivity index (χ1n) is 7.43. The van der Waals surface area contributed by atoms with Crippen molar-refractivity contribution in [1.82, 2.24) is 4.90 Å². The van der Waals surface area contributed by atoms with Crippen LogP contribution >= 0.6 is 0 Å². The molecule has 0 aromatic heterocycles. The van der Waals surface area contributed by atoms with Gasteiger partial charge in [-0.2, -0.15) is 0 Å². The van der Waals surface area contributed by atoms with E-state index in [1.165, 1.54) is 0 Å². The van der Waals surface area contributed by atoms with Gasteiger partial charge in [0, 0.05) is 12.5 Å². The summed E-state index contributed by atoms with van der Waals surface area (Å²) in [5.74, 6) is -1.31. The highest BCUT2D eigenvalue weighted by atomic mass is 16.4. The van der Waals surface area contributed by atoms with Crippen molar-refractivity contribution < 1.29 is 14.7 Å². The molecule has 1 saturated heterocycles. The Balaban J connectivity index is 2.53. The lowest BCUT2D eigenvalue weighted by Gasteiger charge is -2.42. The molecule has 1 heterocycles. The van der Waals surface area contributed by atoms with E-state index >= 15 is 0 Å². The van der Waals surface area contributed by atoms with E-state index in [2.05, 4.69) is 6.07 Å². The Bertz CT molecular complexity index is 545. The van der Waals surface area contributed by atoms with E-state index in [-0.39, 0.29) is 18.0 Å². The third-order valence-corrected chi connectivity index (χ3v) is 4.10. The van der Waals surface area contributed by atoms with E-state index in [1.54, 1.807) is 4.90 Å². The second-order valence-corrected chi connectivity index (χ2v) is 6.24. The van der Waals surface area contributed by atoms with Crippen LogP contribution in [0.3, 0.4) is 0 Å². The number of carboxylic acid groups (broad SMARTS) is 1. The first kappa shape index (κ1) is 15.5. The number of hydrogen-bond acceptors (Lipinski definition) is 2. The average molecular weight is 289 g/mol. The van der Waals surface area contributed by atoms with Gasteiger partial charge in [-0.1, -0.05) is 29.3 Å². The van der Waals surface area contributed by atoms with Crippen molar-refractivity contribution in [3.05, 3.63) is 34.9 Å². The normalized spacial score (nSPS) is 22.7. The van der Waals surface area contributed by atoms with E-state index in [4.69, 9.17) is 0 Å². The summed E-state index contributed by atoms with van der Waals surface area (Å²) in [6.45, 7) is 7.88. The molecule has 1 amide bonds. The van der Waals surface area contributed by atoms with E-state index in [0.29, 0.717) is 12.8 Å². The van der Waals surface area contributed by atoms with Gasteiger partial charge in [-0.25, -0.2) is 0 Å². The molecule has 0 spiro atoms. The molecule has 0 bridgehead atoms. The number of carbonyl (C=O) groups excluding carboxylic acids is 1. The van der Waals surface area contributed by atoms with Gasteiger partial charge in [0.05, 0.1) is 12.0 Å². The molecule has 2 atom stereocenters. The van der Waals surface area contributed by atoms with Gasteiger partial charge in [-0.3, -0.25) is 9.59 Å². The molecule has 2 unspecified atom stereocenters. The van der Waals surface area contributed by atoms with Gasteiger partial charge in [0.2, 0.25) is 5.91 Å². The van der Waals surface area contributed by atoms with Gasteiger partial charge in [0.15, 0.2) is 0 Å². The van der Waals surface area contributed by atoms with E-state index in [9.17, 15) is 14.7 Å². The van der Waals surface area contributed by atoms with E-state index < -0.39 is 11.9 Å². The van der Waals surface area contributed by atoms with Crippen molar-refractivity contribution in [2.45, 2.75) is 52.6 Å². The second kappa shape index (κ2) is 5.88. The molecule has 1 aromatic rings. The highest BCUT2D eigenvalue weighted by Crippen LogP contribution is 2.38. The summed E-state index contributed by atoms with van der Waals surface area (Å²) < 4.78 is 0. The molecule has 1 fully saturated rings. The lowest BCUT2D eigenvalue weighted by molar-refractivity contribution is -0.153. The molecule has 1 N–H and O–H groups in total. The second-order valence-electron chi connectivity index (χ2n) is 6.24. The summed E-state index contributed by atoms with van der Waals surface area (Å²) in [5.41, 5.74) is 3.12. The minimum absolute atomic E-state index is 0.00883. The Morgan fingerprint density at radius 2 is 1.81 bits per heavy atom. The van der Waals surface area contributed by atoms with Crippen molar-refractivity contribution in [2.75, 3.05) is 0 Å². The van der Waals surface area contributed by atoms with Crippen LogP contribution in [0.5, 0.6) is 0 Å². The zero-order chi connectivity index (χ0) is 15.7. The van der Waals surface area contributed by atoms with Crippen molar-refractivity contribution in [3.8, 4) is 0 Å². The third-order valence-electron chi connectivity index (χ3n) is 4.10. The van der Waals surface area contributed by atoms with E-state index in [0.717, 1.165) is 16.7 Å². The van der Waals surface area contributed by atoms with Crippen LogP contribution in [0.1, 0.15) is 49.4 Å². The summed E-state index contributed by atoms with van der Waals surface area (Å²) in [7, 11) is 0. The van der Waals surface area contributed by atoms with Crippen LogP contribution in [-0.4, -0.2) is 27.9 Å². The van der Waals surface area contributed by atoms with Crippen LogP contribution in [0.25, 0.3) is 0 Å². The first-order valence-corrected chi connectivity index (χ1v) is 7.43. The first-order chi connectivity index (χ1) is 9.81. The molecular formula is C17H23NO3. The molecular weight excluding hydrogens is 266 g/mol. The van der Waals surface area contributed by atoms with Crippen molar-refractivity contribution >= 4 is 11.9 Å². The molecule has 2 rings (SSSR count).